The van der Waals surface area contributed by atoms with Crippen LogP contribution < -0.4 is 92.8 Å². The molecule has 1 saturated heterocycles. The number of nitrogen functional groups attached to an aromatic ring is 1. The molecule has 14 rings (SSSR count). The minimum Gasteiger partial charge on any atom is -0.857 e. The fourth-order valence-electron chi connectivity index (χ4n) is 8.97. The number of thiazole rings is 3. The number of carbonyl (C=O) groups is 7. The Morgan fingerprint density at radius 1 is 0.604 bits per heavy atom. The predicted octanol–water partition coefficient (Wildman–Crippen LogP) is 18.4. The first kappa shape index (κ1) is 135. The maximum Gasteiger partial charge on any atom is 1.00 e. The number of carbonyl (C=O) groups excluding carboxylic acids is 4. The van der Waals surface area contributed by atoms with E-state index in [0.29, 0.717) is 51.3 Å². The third-order valence-corrected chi connectivity index (χ3v) is 19.8. The van der Waals surface area contributed by atoms with E-state index in [4.69, 9.17) is 74.4 Å². The summed E-state index contributed by atoms with van der Waals surface area (Å²) in [5.74, 6) is 1.59. The number of rotatable bonds is 17. The van der Waals surface area contributed by atoms with Crippen molar-refractivity contribution < 1.29 is 97.8 Å². The van der Waals surface area contributed by atoms with E-state index < -0.39 is 17.9 Å². The number of nitrogens with two attached hydrogens (primary N) is 2. The summed E-state index contributed by atoms with van der Waals surface area (Å²) in [6.45, 7) is 13.7. The number of anilines is 9. The number of halogens is 2. The first-order valence-corrected chi connectivity index (χ1v) is 44.6. The van der Waals surface area contributed by atoms with Gasteiger partial charge >= 0.3 is 47.6 Å². The number of thiol groups is 1. The number of piperazine rings is 1. The van der Waals surface area contributed by atoms with Gasteiger partial charge in [-0.15, -0.1) is 35.6 Å². The van der Waals surface area contributed by atoms with Gasteiger partial charge in [0.2, 0.25) is 0 Å². The number of nitrogens with zero attached hydrogens (tertiary/aromatic N) is 11. The van der Waals surface area contributed by atoms with Crippen LogP contribution >= 0.6 is 123 Å². The second kappa shape index (κ2) is 79.6. The van der Waals surface area contributed by atoms with E-state index >= 15 is 0 Å². The largest absolute Gasteiger partial charge is 1.00 e. The van der Waals surface area contributed by atoms with Crippen LogP contribution in [0.3, 0.4) is 0 Å². The number of aromatic nitrogens is 9. The molecular formula is C94H119BrClN20NaO14S8. The van der Waals surface area contributed by atoms with E-state index in [0.717, 1.165) is 97.1 Å². The second-order valence-electron chi connectivity index (χ2n) is 25.6. The molecule has 14 N–H and O–H groups in total. The van der Waals surface area contributed by atoms with Crippen LogP contribution in [0.2, 0.25) is 0 Å². The van der Waals surface area contributed by atoms with Crippen molar-refractivity contribution in [3.05, 3.63) is 292 Å². The molecular weight excluding hydrogens is 2030 g/mol. The number of carboxylic acids is 3. The number of pyridine rings is 6. The number of methoxy groups -OCH3 is 2. The second-order valence-corrected chi connectivity index (χ2v) is 33.1. The van der Waals surface area contributed by atoms with E-state index in [2.05, 4.69) is 140 Å². The topological polar surface area (TPSA) is 499 Å². The van der Waals surface area contributed by atoms with E-state index in [-0.39, 0.29) is 125 Å². The Kier molecular flexibility index (Phi) is 77.5. The number of ether oxygens (including phenoxy) is 3. The standard InChI is InChI=1S/C17H15N3O3S2.C13H11N3OS.C9H18N2O2.C9H10O3S.C8H6BrN3S.C8H7N3S.C8H5NOS.C6H7N3S.C5H6N2.C2H3ClO.C2H4O2.CH3O.6CH4.Na/c1-10-7-12(23-2)11(16(21)22)8-13(10)24-15-9-19-17(25-15)20-14-5-3-4-6-18-14;17-12(10-6-2-1-3-7-10)16-13(18)15-11-8-4-5-9-14-11;1-9(2,3)13-8(12)11-6-4-10-5-7-11;1-5-3-7(12-2)6(9(10)11)4-8(5)13;9-6-5-11-8(13-6)12-7-3-1-2-4-10-7;1-2-4-9-7(3-1)11-8-10-5-6-12-8;10-8(9-6-11)7-4-2-1-3-5-7;7-6(10)9-5-3-1-2-4-8-5;6-5-3-1-2-4-7-5;3-1-2-4;1-2(3)4;1-2;;;;;;;/h3-9H,1-2H3,(H,21,22)(H,18,19,20);1-9H,(H2,14,15,16,17,18);10H,4-7H2,1-3H3;3-4,13H,1-2H3,(H,10,11);1-5H,(H,10,11,12);1-6H,(H,9,10,11);1-5H;1-4H,(H3,7,8,9,10);1-4H,(H2,6,7);2H,1H2;1H3,(H,3,4);1H3;6*1H4;/q;;;;;;;;;;;-1;;;;;;;+1. The van der Waals surface area contributed by atoms with Gasteiger partial charge in [-0.3, -0.25) is 19.7 Å². The van der Waals surface area contributed by atoms with Gasteiger partial charge in [0.05, 0.1) is 45.7 Å². The Bertz CT molecular complexity index is 5620. The summed E-state index contributed by atoms with van der Waals surface area (Å²) in [4.78, 5) is 118. The minimum atomic E-state index is -1.01. The summed E-state index contributed by atoms with van der Waals surface area (Å²) < 4.78 is 17.3. The molecule has 3 amide bonds. The van der Waals surface area contributed by atoms with Crippen molar-refractivity contribution in [1.29, 1.82) is 0 Å². The molecule has 9 aromatic heterocycles. The van der Waals surface area contributed by atoms with Crippen molar-refractivity contribution >= 4 is 230 Å². The van der Waals surface area contributed by atoms with E-state index in [1.54, 1.807) is 163 Å². The number of aldehydes is 1. The Hall–Kier alpha value is -12.3. The van der Waals surface area contributed by atoms with Gasteiger partial charge in [0.15, 0.2) is 25.6 Å². The average Bonchev–Trinajstić information content (AvgIpc) is 1.76. The van der Waals surface area contributed by atoms with Crippen molar-refractivity contribution in [3.8, 4) is 11.5 Å². The maximum atomic E-state index is 11.8. The number of amides is 3. The first-order chi connectivity index (χ1) is 63.3. The first-order valence-electron chi connectivity index (χ1n) is 38.2. The van der Waals surface area contributed by atoms with Gasteiger partial charge in [0, 0.05) is 103 Å². The predicted molar refractivity (Wildman–Crippen MR) is 578 cm³/mol. The fraction of sp³-hybridized carbons (Fsp3) is 0.223. The average molecular weight is 2150 g/mol. The van der Waals surface area contributed by atoms with Gasteiger partial charge < -0.3 is 87.7 Å². The number of benzene rings is 4. The summed E-state index contributed by atoms with van der Waals surface area (Å²) in [5.41, 5.74) is 13.3. The molecule has 0 aliphatic carbocycles. The fourth-order valence-corrected chi connectivity index (χ4v) is 13.1. The molecule has 139 heavy (non-hydrogen) atoms. The van der Waals surface area contributed by atoms with Crippen molar-refractivity contribution in [3.63, 3.8) is 0 Å². The molecule has 45 heteroatoms. The van der Waals surface area contributed by atoms with Gasteiger partial charge in [-0.05, 0) is 220 Å². The zero-order valence-electron chi connectivity index (χ0n) is 73.3. The number of aliphatic imine (C=N–C) groups is 1. The smallest absolute Gasteiger partial charge is 0.857 e. The van der Waals surface area contributed by atoms with Gasteiger partial charge in [0.25, 0.3) is 17.8 Å². The number of isothiocyanates is 1. The van der Waals surface area contributed by atoms with Crippen molar-refractivity contribution in [1.82, 2.24) is 60.4 Å². The number of aromatic carboxylic acids is 2. The van der Waals surface area contributed by atoms with Crippen molar-refractivity contribution in [2.24, 2.45) is 10.7 Å². The number of thiocarbonyl (C=S) groups is 3. The number of alkyl halides is 1. The van der Waals surface area contributed by atoms with Crippen LogP contribution in [-0.2, 0) is 14.3 Å². The van der Waals surface area contributed by atoms with Crippen molar-refractivity contribution in [2.45, 2.75) is 106 Å². The Morgan fingerprint density at radius 2 is 1.01 bits per heavy atom. The molecule has 1 aliphatic heterocycles. The molecule has 1 aliphatic rings. The summed E-state index contributed by atoms with van der Waals surface area (Å²) in [5, 5.41) is 61.3. The van der Waals surface area contributed by atoms with Crippen LogP contribution in [0.1, 0.15) is 125 Å². The Labute approximate surface area is 886 Å². The number of carboxylic acid groups (broad SMARTS) is 3. The molecule has 10 heterocycles. The molecule has 4 aromatic carbocycles. The normalized spacial score (nSPS) is 9.66. The van der Waals surface area contributed by atoms with Gasteiger partial charge in [-0.25, -0.2) is 59.2 Å². The van der Waals surface area contributed by atoms with Gasteiger partial charge in [-0.2, -0.15) is 12.1 Å². The van der Waals surface area contributed by atoms with Crippen LogP contribution in [0.4, 0.5) is 55.1 Å². The monoisotopic (exact) mass is 2140 g/mol. The van der Waals surface area contributed by atoms with E-state index in [1.807, 2.05) is 142 Å². The number of aryl methyl sites for hydroxylation is 2. The molecule has 0 spiro atoms. The molecule has 742 valence electrons. The number of hydrogen-bond acceptors (Lipinski definition) is 33. The molecule has 1 fully saturated rings. The summed E-state index contributed by atoms with van der Waals surface area (Å²) >= 11 is 32.3. The summed E-state index contributed by atoms with van der Waals surface area (Å²) in [6, 6.07) is 57.4. The zero-order valence-corrected chi connectivity index (χ0v) is 84.3. The molecule has 0 atom stereocenters. The third-order valence-electron chi connectivity index (χ3n) is 14.6. The van der Waals surface area contributed by atoms with Crippen LogP contribution in [0.5, 0.6) is 11.5 Å². The van der Waals surface area contributed by atoms with Crippen LogP contribution in [0.15, 0.2) is 278 Å². The quantitative estimate of drug-likeness (QED) is 0.0101. The van der Waals surface area contributed by atoms with Crippen LogP contribution in [-0.4, -0.2) is 182 Å². The Morgan fingerprint density at radius 3 is 1.39 bits per heavy atom. The molecule has 0 saturated carbocycles. The number of hydrogen-bond donors (Lipinski definition) is 13. The molecule has 0 bridgehead atoms. The summed E-state index contributed by atoms with van der Waals surface area (Å²) in [6.07, 6.45) is 15.9. The van der Waals surface area contributed by atoms with Gasteiger partial charge in [0.1, 0.15) is 69.4 Å². The minimum absolute atomic E-state index is 0. The molecule has 0 radical (unpaired) electrons. The zero-order chi connectivity index (χ0) is 97.4. The number of nitrogens with one attached hydrogen (secondary N) is 7. The van der Waals surface area contributed by atoms with Crippen LogP contribution in [0, 0.1) is 13.8 Å². The number of aliphatic carboxylic acids is 1. The maximum absolute atomic E-state index is 11.8. The van der Waals surface area contributed by atoms with Gasteiger partial charge in [-0.1, -0.05) is 152 Å². The summed E-state index contributed by atoms with van der Waals surface area (Å²) in [7, 11) is 3.66. The van der Waals surface area contributed by atoms with Crippen LogP contribution in [0.25, 0.3) is 0 Å². The molecule has 34 nitrogen and oxygen atoms in total. The molecule has 0 unspecified atom stereocenters. The third kappa shape index (κ3) is 60.9. The Balaban J connectivity index is -0.000000483. The van der Waals surface area contributed by atoms with E-state index in [1.165, 1.54) is 54.7 Å². The SMILES string of the molecule is Brc1cnc(Nc2ccccn2)s1.C.C.C.C.C.C.CC(=O)O.CC(C)(C)OC(=O)N1CCNCC1.COc1cc(C)c(S)cc1C(=O)O.COc1cc(C)c(Sc2cnc(Nc3ccccn3)s2)cc1C(=O)O.C[O-].NC(=S)Nc1ccccn1.Nc1ccccn1.O=C(N=C=S)c1ccccc1.O=C(NC(=S)Nc1ccccn1)c1ccccc1.O=CCCl.[Na+].c1ccc(Nc2nccs2)nc1. The van der Waals surface area contributed by atoms with Crippen molar-refractivity contribution in [2.75, 3.05) is 85.7 Å². The van der Waals surface area contributed by atoms with E-state index in [9.17, 15) is 29.1 Å². The molecule has 13 aromatic rings.